The highest BCUT2D eigenvalue weighted by molar-refractivity contribution is 6.07. The first kappa shape index (κ1) is 12.4. The van der Waals surface area contributed by atoms with Crippen molar-refractivity contribution < 1.29 is 14.6 Å². The minimum Gasteiger partial charge on any atom is -0.492 e. The summed E-state index contributed by atoms with van der Waals surface area (Å²) in [5.74, 6) is 0.0612. The zero-order valence-electron chi connectivity index (χ0n) is 9.91. The Bertz CT molecular complexity index is 525. The van der Waals surface area contributed by atoms with Crippen molar-refractivity contribution in [3.63, 3.8) is 0 Å². The monoisotopic (exact) mass is 247 g/mol. The Morgan fingerprint density at radius 3 is 3.00 bits per heavy atom. The van der Waals surface area contributed by atoms with Crippen molar-refractivity contribution >= 4 is 5.78 Å². The minimum absolute atomic E-state index is 0.137. The van der Waals surface area contributed by atoms with Gasteiger partial charge in [0.2, 0.25) is 0 Å². The summed E-state index contributed by atoms with van der Waals surface area (Å²) in [7, 11) is 0. The van der Waals surface area contributed by atoms with Gasteiger partial charge in [-0.2, -0.15) is 0 Å². The maximum atomic E-state index is 12.4. The number of benzene rings is 1. The van der Waals surface area contributed by atoms with Crippen molar-refractivity contribution in [3.05, 3.63) is 40.3 Å². The average molecular weight is 247 g/mol. The van der Waals surface area contributed by atoms with E-state index in [0.29, 0.717) is 17.7 Å². The van der Waals surface area contributed by atoms with Gasteiger partial charge in [0.1, 0.15) is 12.4 Å². The van der Waals surface area contributed by atoms with Crippen molar-refractivity contribution in [2.24, 2.45) is 5.11 Å². The van der Waals surface area contributed by atoms with Crippen LogP contribution in [0.2, 0.25) is 0 Å². The molecule has 0 saturated heterocycles. The summed E-state index contributed by atoms with van der Waals surface area (Å²) in [5, 5.41) is 13.5. The van der Waals surface area contributed by atoms with Gasteiger partial charge in [-0.3, -0.25) is 4.79 Å². The van der Waals surface area contributed by atoms with Gasteiger partial charge in [0.05, 0.1) is 11.7 Å². The van der Waals surface area contributed by atoms with Gasteiger partial charge in [-0.1, -0.05) is 24.2 Å². The van der Waals surface area contributed by atoms with E-state index in [2.05, 4.69) is 10.0 Å². The summed E-state index contributed by atoms with van der Waals surface area (Å²) in [4.78, 5) is 15.1. The minimum atomic E-state index is -1.56. The predicted octanol–water partition coefficient (Wildman–Crippen LogP) is 2.08. The van der Waals surface area contributed by atoms with Gasteiger partial charge in [0, 0.05) is 4.91 Å². The fourth-order valence-corrected chi connectivity index (χ4v) is 2.07. The second-order valence-electron chi connectivity index (χ2n) is 4.15. The smallest absolute Gasteiger partial charge is 0.184 e. The van der Waals surface area contributed by atoms with E-state index in [4.69, 9.17) is 10.3 Å². The van der Waals surface area contributed by atoms with Gasteiger partial charge in [0.15, 0.2) is 11.3 Å². The molecule has 1 aliphatic heterocycles. The molecule has 18 heavy (non-hydrogen) atoms. The Hall–Kier alpha value is -2.04. The molecular weight excluding hydrogens is 234 g/mol. The number of carbonyl (C=O) groups excluding carboxylic acids is 1. The van der Waals surface area contributed by atoms with Gasteiger partial charge in [-0.05, 0) is 24.1 Å². The maximum absolute atomic E-state index is 12.4. The number of aliphatic hydroxyl groups excluding tert-OH is 1. The molecule has 0 fully saturated rings. The number of azide groups is 1. The lowest BCUT2D eigenvalue weighted by atomic mass is 9.82. The van der Waals surface area contributed by atoms with Crippen molar-refractivity contribution in [3.8, 4) is 5.75 Å². The molecule has 0 saturated carbocycles. The van der Waals surface area contributed by atoms with Crippen LogP contribution in [0.3, 0.4) is 0 Å². The van der Waals surface area contributed by atoms with Crippen LogP contribution in [-0.4, -0.2) is 29.1 Å². The molecule has 6 nitrogen and oxygen atoms in total. The SMILES string of the molecule is CC[C@H](O)[C@]1(N=[N+]=[N-])COc2ccccc2C1=O. The molecule has 1 aliphatic rings. The Morgan fingerprint density at radius 1 is 1.61 bits per heavy atom. The molecule has 0 unspecified atom stereocenters. The van der Waals surface area contributed by atoms with Gasteiger partial charge >= 0.3 is 0 Å². The molecular formula is C12H13N3O3. The number of hydrogen-bond acceptors (Lipinski definition) is 4. The third-order valence-electron chi connectivity index (χ3n) is 3.13. The van der Waals surface area contributed by atoms with Gasteiger partial charge in [-0.25, -0.2) is 0 Å². The molecule has 1 aromatic carbocycles. The van der Waals surface area contributed by atoms with Crippen LogP contribution in [0.4, 0.5) is 0 Å². The van der Waals surface area contributed by atoms with Crippen molar-refractivity contribution in [1.29, 1.82) is 0 Å². The molecule has 0 bridgehead atoms. The van der Waals surface area contributed by atoms with Gasteiger partial charge in [0.25, 0.3) is 0 Å². The van der Waals surface area contributed by atoms with Crippen molar-refractivity contribution in [2.45, 2.75) is 25.0 Å². The van der Waals surface area contributed by atoms with E-state index in [1.807, 2.05) is 0 Å². The summed E-state index contributed by atoms with van der Waals surface area (Å²) >= 11 is 0. The lowest BCUT2D eigenvalue weighted by Gasteiger charge is -2.35. The Kier molecular flexibility index (Phi) is 3.23. The summed E-state index contributed by atoms with van der Waals surface area (Å²) in [6.07, 6.45) is -0.759. The van der Waals surface area contributed by atoms with Crippen molar-refractivity contribution in [1.82, 2.24) is 0 Å². The van der Waals surface area contributed by atoms with E-state index < -0.39 is 17.4 Å². The number of hydrogen-bond donors (Lipinski definition) is 1. The molecule has 0 aliphatic carbocycles. The number of Topliss-reactive ketones (excluding diaryl/α,β-unsaturated/α-hetero) is 1. The summed E-state index contributed by atoms with van der Waals surface area (Å²) in [5.41, 5.74) is 7.41. The zero-order chi connectivity index (χ0) is 13.2. The number of rotatable bonds is 3. The highest BCUT2D eigenvalue weighted by Crippen LogP contribution is 2.34. The van der Waals surface area contributed by atoms with Gasteiger partial charge < -0.3 is 9.84 Å². The molecule has 94 valence electrons. The lowest BCUT2D eigenvalue weighted by Crippen LogP contribution is -2.54. The molecule has 2 atom stereocenters. The average Bonchev–Trinajstić information content (AvgIpc) is 2.41. The highest BCUT2D eigenvalue weighted by atomic mass is 16.5. The fourth-order valence-electron chi connectivity index (χ4n) is 2.07. The Labute approximate surface area is 104 Å². The van der Waals surface area contributed by atoms with E-state index in [9.17, 15) is 9.90 Å². The number of nitrogens with zero attached hydrogens (tertiary/aromatic N) is 3. The third kappa shape index (κ3) is 1.72. The van der Waals surface area contributed by atoms with E-state index in [0.717, 1.165) is 0 Å². The molecule has 0 radical (unpaired) electrons. The first-order valence-corrected chi connectivity index (χ1v) is 5.66. The second-order valence-corrected chi connectivity index (χ2v) is 4.15. The number of ether oxygens (including phenoxy) is 1. The number of fused-ring (bicyclic) bond motifs is 1. The van der Waals surface area contributed by atoms with Crippen LogP contribution in [0.5, 0.6) is 5.75 Å². The quantitative estimate of drug-likeness (QED) is 0.503. The van der Waals surface area contributed by atoms with Crippen molar-refractivity contribution in [2.75, 3.05) is 6.61 Å². The first-order chi connectivity index (χ1) is 8.65. The van der Waals surface area contributed by atoms with Gasteiger partial charge in [-0.15, -0.1) is 0 Å². The summed E-state index contributed by atoms with van der Waals surface area (Å²) in [6.45, 7) is 1.58. The summed E-state index contributed by atoms with van der Waals surface area (Å²) < 4.78 is 5.44. The van der Waals surface area contributed by atoms with E-state index in [1.165, 1.54) is 0 Å². The first-order valence-electron chi connectivity index (χ1n) is 5.66. The van der Waals surface area contributed by atoms with Crippen LogP contribution in [0, 0.1) is 0 Å². The normalized spacial score (nSPS) is 23.6. The molecule has 0 aromatic heterocycles. The van der Waals surface area contributed by atoms with Crippen LogP contribution >= 0.6 is 0 Å². The molecule has 0 spiro atoms. The van der Waals surface area contributed by atoms with E-state index in [-0.39, 0.29) is 6.61 Å². The van der Waals surface area contributed by atoms with Crippen LogP contribution < -0.4 is 4.74 Å². The van der Waals surface area contributed by atoms with Crippen LogP contribution in [0.1, 0.15) is 23.7 Å². The standard InChI is InChI=1S/C12H13N3O3/c1-2-10(16)12(14-15-13)7-18-9-6-4-3-5-8(9)11(12)17/h3-6,10,16H,2,7H2,1H3/t10-,12+/m0/s1. The van der Waals surface area contributed by atoms with Crippen LogP contribution in [-0.2, 0) is 0 Å². The van der Waals surface area contributed by atoms with Crippen LogP contribution in [0.25, 0.3) is 10.4 Å². The Balaban J connectivity index is 2.53. The topological polar surface area (TPSA) is 95.3 Å². The highest BCUT2D eigenvalue weighted by Gasteiger charge is 2.48. The summed E-state index contributed by atoms with van der Waals surface area (Å²) in [6, 6.07) is 6.72. The number of carbonyl (C=O) groups is 1. The zero-order valence-corrected chi connectivity index (χ0v) is 9.91. The number of para-hydroxylation sites is 1. The molecule has 2 rings (SSSR count). The lowest BCUT2D eigenvalue weighted by molar-refractivity contribution is 0.0332. The molecule has 6 heteroatoms. The fraction of sp³-hybridized carbons (Fsp3) is 0.417. The number of ketones is 1. The molecule has 0 amide bonds. The molecule has 1 aromatic rings. The third-order valence-corrected chi connectivity index (χ3v) is 3.13. The predicted molar refractivity (Wildman–Crippen MR) is 64.4 cm³/mol. The second kappa shape index (κ2) is 4.68. The van der Waals surface area contributed by atoms with E-state index >= 15 is 0 Å². The van der Waals surface area contributed by atoms with Crippen LogP contribution in [0.15, 0.2) is 29.4 Å². The largest absolute Gasteiger partial charge is 0.492 e. The molecule has 1 heterocycles. The number of aliphatic hydroxyl groups is 1. The maximum Gasteiger partial charge on any atom is 0.184 e. The Morgan fingerprint density at radius 2 is 2.33 bits per heavy atom. The molecule has 1 N–H and O–H groups in total. The van der Waals surface area contributed by atoms with E-state index in [1.54, 1.807) is 31.2 Å².